The van der Waals surface area contributed by atoms with Gasteiger partial charge in [0.25, 0.3) is 0 Å². The van der Waals surface area contributed by atoms with Gasteiger partial charge in [0.2, 0.25) is 5.82 Å². The van der Waals surface area contributed by atoms with Crippen LogP contribution in [0.3, 0.4) is 0 Å². The van der Waals surface area contributed by atoms with Gasteiger partial charge in [0.1, 0.15) is 0 Å². The molecule has 0 bridgehead atoms. The highest BCUT2D eigenvalue weighted by Gasteiger charge is 2.43. The molecule has 138 valence electrons. The predicted octanol–water partition coefficient (Wildman–Crippen LogP) is 3.25. The van der Waals surface area contributed by atoms with E-state index in [-0.39, 0.29) is 5.71 Å². The van der Waals surface area contributed by atoms with E-state index in [2.05, 4.69) is 5.10 Å². The first-order valence-corrected chi connectivity index (χ1v) is 7.52. The Kier molecular flexibility index (Phi) is 4.68. The van der Waals surface area contributed by atoms with Gasteiger partial charge < -0.3 is 10.2 Å². The molecule has 0 aliphatic carbocycles. The fourth-order valence-corrected chi connectivity index (χ4v) is 2.91. The van der Waals surface area contributed by atoms with Crippen molar-refractivity contribution in [3.63, 3.8) is 0 Å². The highest BCUT2D eigenvalue weighted by molar-refractivity contribution is 5.89. The maximum Gasteiger partial charge on any atom is 0.200 e. The summed E-state index contributed by atoms with van der Waals surface area (Å²) in [5.41, 5.74) is -0.917. The van der Waals surface area contributed by atoms with Crippen LogP contribution in [-0.4, -0.2) is 22.2 Å². The fourth-order valence-electron chi connectivity index (χ4n) is 2.91. The molecule has 1 heterocycles. The van der Waals surface area contributed by atoms with Crippen molar-refractivity contribution < 1.29 is 32.2 Å². The Morgan fingerprint density at radius 3 is 1.96 bits per heavy atom. The lowest BCUT2D eigenvalue weighted by Gasteiger charge is -2.27. The summed E-state index contributed by atoms with van der Waals surface area (Å²) in [6, 6.07) is 8.20. The van der Waals surface area contributed by atoms with Crippen LogP contribution in [-0.2, 0) is 0 Å². The van der Waals surface area contributed by atoms with Gasteiger partial charge >= 0.3 is 0 Å². The first-order valence-electron chi connectivity index (χ1n) is 7.52. The molecule has 4 nitrogen and oxygen atoms in total. The van der Waals surface area contributed by atoms with Gasteiger partial charge in [-0.05, 0) is 19.1 Å². The van der Waals surface area contributed by atoms with E-state index in [0.29, 0.717) is 5.69 Å². The summed E-state index contributed by atoms with van der Waals surface area (Å²) < 4.78 is 67.9. The normalized spacial score (nSPS) is 21.1. The van der Waals surface area contributed by atoms with E-state index >= 15 is 0 Å². The van der Waals surface area contributed by atoms with Crippen molar-refractivity contribution in [2.45, 2.75) is 19.3 Å². The molecule has 0 amide bonds. The van der Waals surface area contributed by atoms with Crippen LogP contribution in [0.25, 0.3) is 0 Å². The smallest absolute Gasteiger partial charge is 0.200 e. The quantitative estimate of drug-likeness (QED) is 0.494. The summed E-state index contributed by atoms with van der Waals surface area (Å²) in [5, 5.41) is 25.9. The molecule has 0 spiro atoms. The number of hydrogen-bond donors (Lipinski definition) is 2. The summed E-state index contributed by atoms with van der Waals surface area (Å²) in [4.78, 5) is 0. The first kappa shape index (κ1) is 18.3. The molecule has 2 aromatic rings. The lowest BCUT2D eigenvalue weighted by molar-refractivity contribution is 0.0476. The minimum absolute atomic E-state index is 0.0674. The molecule has 26 heavy (non-hydrogen) atoms. The molecule has 2 aromatic carbocycles. The number of para-hydroxylation sites is 1. The van der Waals surface area contributed by atoms with Gasteiger partial charge in [0.15, 0.2) is 29.5 Å². The molecular formula is C17H13F5N2O2. The van der Waals surface area contributed by atoms with Gasteiger partial charge in [-0.2, -0.15) is 5.10 Å². The minimum Gasteiger partial charge on any atom is -0.387 e. The van der Waals surface area contributed by atoms with Gasteiger partial charge in [-0.3, -0.25) is 0 Å². The molecule has 0 fully saturated rings. The maximum absolute atomic E-state index is 14.0. The van der Waals surface area contributed by atoms with E-state index in [4.69, 9.17) is 0 Å². The van der Waals surface area contributed by atoms with E-state index in [9.17, 15) is 32.2 Å². The average Bonchev–Trinajstić information content (AvgIpc) is 2.93. The topological polar surface area (TPSA) is 56.1 Å². The van der Waals surface area contributed by atoms with Crippen molar-refractivity contribution in [3.05, 3.63) is 65.0 Å². The third-order valence-corrected chi connectivity index (χ3v) is 4.22. The second-order valence-electron chi connectivity index (χ2n) is 5.79. The number of hydrogen-bond acceptors (Lipinski definition) is 4. The highest BCUT2D eigenvalue weighted by atomic mass is 19.2. The molecule has 1 aliphatic rings. The van der Waals surface area contributed by atoms with Gasteiger partial charge in [-0.25, -0.2) is 27.0 Å². The van der Waals surface area contributed by atoms with Crippen molar-refractivity contribution in [2.75, 3.05) is 5.01 Å². The second kappa shape index (κ2) is 6.65. The van der Waals surface area contributed by atoms with E-state index in [1.165, 1.54) is 6.92 Å². The molecule has 0 saturated heterocycles. The van der Waals surface area contributed by atoms with Crippen LogP contribution in [0.4, 0.5) is 27.6 Å². The molecule has 0 saturated carbocycles. The highest BCUT2D eigenvalue weighted by Crippen LogP contribution is 2.38. The third kappa shape index (κ3) is 2.73. The van der Waals surface area contributed by atoms with Crippen molar-refractivity contribution in [3.8, 4) is 0 Å². The van der Waals surface area contributed by atoms with Crippen LogP contribution < -0.4 is 5.01 Å². The Hall–Kier alpha value is -2.52. The van der Waals surface area contributed by atoms with Crippen LogP contribution in [0.5, 0.6) is 0 Å². The molecular weight excluding hydrogens is 359 g/mol. The number of aliphatic hydroxyl groups excluding tert-OH is 2. The lowest BCUT2D eigenvalue weighted by Crippen LogP contribution is -2.37. The Balaban J connectivity index is 2.02. The Morgan fingerprint density at radius 2 is 1.42 bits per heavy atom. The lowest BCUT2D eigenvalue weighted by atomic mass is 9.90. The standard InChI is InChI=1S/C17H13F5N2O2/c1-7-9(17(26)24(23-7)8-5-3-2-4-6-8)16(25)10-11(18)13(20)15(22)14(21)12(10)19/h2-6,9,16-17,25-26H,1H3. The maximum atomic E-state index is 14.0. The van der Waals surface area contributed by atoms with Gasteiger partial charge in [-0.1, -0.05) is 18.2 Å². The molecule has 3 rings (SSSR count). The van der Waals surface area contributed by atoms with Crippen LogP contribution >= 0.6 is 0 Å². The summed E-state index contributed by atoms with van der Waals surface area (Å²) >= 11 is 0. The summed E-state index contributed by atoms with van der Waals surface area (Å²) in [7, 11) is 0. The number of halogens is 5. The van der Waals surface area contributed by atoms with Crippen LogP contribution in [0.1, 0.15) is 18.6 Å². The fraction of sp³-hybridized carbons (Fsp3) is 0.235. The minimum atomic E-state index is -2.32. The number of anilines is 1. The van der Waals surface area contributed by atoms with E-state index in [1.54, 1.807) is 30.3 Å². The first-order chi connectivity index (χ1) is 12.3. The Bertz CT molecular complexity index is 846. The molecule has 0 radical (unpaired) electrons. The summed E-state index contributed by atoms with van der Waals surface area (Å²) in [6.45, 7) is 1.37. The summed E-state index contributed by atoms with van der Waals surface area (Å²) in [6.07, 6.45) is -3.77. The Labute approximate surface area is 144 Å². The second-order valence-corrected chi connectivity index (χ2v) is 5.79. The van der Waals surface area contributed by atoms with E-state index in [0.717, 1.165) is 5.01 Å². The number of aliphatic hydroxyl groups is 2. The number of rotatable bonds is 3. The van der Waals surface area contributed by atoms with Crippen molar-refractivity contribution >= 4 is 11.4 Å². The van der Waals surface area contributed by atoms with Crippen LogP contribution in [0.2, 0.25) is 0 Å². The van der Waals surface area contributed by atoms with Crippen molar-refractivity contribution in [1.82, 2.24) is 0 Å². The van der Waals surface area contributed by atoms with Gasteiger partial charge in [0, 0.05) is 5.71 Å². The largest absolute Gasteiger partial charge is 0.387 e. The Morgan fingerprint density at radius 1 is 0.923 bits per heavy atom. The van der Waals surface area contributed by atoms with Crippen LogP contribution in [0, 0.1) is 35.0 Å². The molecule has 9 heteroatoms. The van der Waals surface area contributed by atoms with Gasteiger partial charge in [-0.15, -0.1) is 0 Å². The zero-order valence-corrected chi connectivity index (χ0v) is 13.3. The number of hydrazone groups is 1. The molecule has 3 atom stereocenters. The average molecular weight is 372 g/mol. The number of nitrogens with zero attached hydrogens (tertiary/aromatic N) is 2. The van der Waals surface area contributed by atoms with Crippen LogP contribution in [0.15, 0.2) is 35.4 Å². The zero-order chi connectivity index (χ0) is 19.2. The predicted molar refractivity (Wildman–Crippen MR) is 82.7 cm³/mol. The van der Waals surface area contributed by atoms with Gasteiger partial charge in [0.05, 0.1) is 23.3 Å². The third-order valence-electron chi connectivity index (χ3n) is 4.22. The van der Waals surface area contributed by atoms with E-state index in [1.807, 2.05) is 0 Å². The summed E-state index contributed by atoms with van der Waals surface area (Å²) in [5.74, 6) is -12.3. The monoisotopic (exact) mass is 372 g/mol. The number of benzene rings is 2. The molecule has 0 aromatic heterocycles. The molecule has 3 unspecified atom stereocenters. The van der Waals surface area contributed by atoms with E-state index < -0.39 is 52.9 Å². The van der Waals surface area contributed by atoms with Crippen molar-refractivity contribution in [2.24, 2.45) is 11.0 Å². The molecule has 2 N–H and O–H groups in total. The van der Waals surface area contributed by atoms with Crippen molar-refractivity contribution in [1.29, 1.82) is 0 Å². The SMILES string of the molecule is CC1=NN(c2ccccc2)C(O)C1C(O)c1c(F)c(F)c(F)c(F)c1F. The molecule has 1 aliphatic heterocycles. The zero-order valence-electron chi connectivity index (χ0n) is 13.3.